The quantitative estimate of drug-likeness (QED) is 0.435. The number of piperidine rings is 1. The lowest BCUT2D eigenvalue weighted by Gasteiger charge is -2.52. The molecule has 4 aliphatic rings. The Balaban J connectivity index is 1.06. The first-order valence-corrected chi connectivity index (χ1v) is 17.2. The van der Waals surface area contributed by atoms with Crippen molar-refractivity contribution in [3.63, 3.8) is 0 Å². The molecule has 3 fully saturated rings. The average Bonchev–Trinajstić information content (AvgIpc) is 3.25. The zero-order valence-corrected chi connectivity index (χ0v) is 27.5. The number of amides is 1. The molecule has 1 amide bonds. The Morgan fingerprint density at radius 1 is 0.860 bits per heavy atom. The van der Waals surface area contributed by atoms with Crippen LogP contribution in [0.2, 0.25) is 0 Å². The van der Waals surface area contributed by atoms with Gasteiger partial charge in [-0.05, 0) is 74.3 Å². The van der Waals surface area contributed by atoms with E-state index in [0.29, 0.717) is 23.4 Å². The van der Waals surface area contributed by atoms with Crippen LogP contribution in [-0.4, -0.2) is 80.1 Å². The minimum Gasteiger partial charge on any atom is -0.454 e. The Morgan fingerprint density at radius 2 is 1.47 bits per heavy atom. The van der Waals surface area contributed by atoms with Crippen molar-refractivity contribution in [2.75, 3.05) is 39.5 Å². The zero-order chi connectivity index (χ0) is 30.9. The van der Waals surface area contributed by atoms with Crippen molar-refractivity contribution in [3.8, 4) is 11.5 Å². The van der Waals surface area contributed by atoms with Crippen LogP contribution in [0.4, 0.5) is 0 Å². The van der Waals surface area contributed by atoms with E-state index < -0.39 is 9.84 Å². The fourth-order valence-electron chi connectivity index (χ4n) is 7.86. The molecule has 1 aliphatic carbocycles. The van der Waals surface area contributed by atoms with E-state index in [9.17, 15) is 13.2 Å². The predicted octanol–water partition coefficient (Wildman–Crippen LogP) is 5.38. The number of sulfone groups is 1. The molecular weight excluding hydrogens is 562 g/mol. The lowest BCUT2D eigenvalue weighted by atomic mass is 9.86. The molecule has 2 atom stereocenters. The number of piperazine rings is 1. The van der Waals surface area contributed by atoms with Crippen LogP contribution in [0.1, 0.15) is 72.9 Å². The SMILES string of the molecule is C[C@@H]1CN(C2(C)CCN(C(=O)C3C(C)(C)C3(C)C)CC2)CCN1[C@@H](C)c1ccc(S(=O)(=O)c2ccc3c(c2)OCO3)cc1. The molecule has 9 heteroatoms. The Kier molecular flexibility index (Phi) is 7.41. The zero-order valence-electron chi connectivity index (χ0n) is 26.7. The van der Waals surface area contributed by atoms with Crippen LogP contribution < -0.4 is 9.47 Å². The van der Waals surface area contributed by atoms with Gasteiger partial charge in [0, 0.05) is 62.3 Å². The van der Waals surface area contributed by atoms with Gasteiger partial charge in [0.05, 0.1) is 9.79 Å². The van der Waals surface area contributed by atoms with Gasteiger partial charge in [0.1, 0.15) is 0 Å². The van der Waals surface area contributed by atoms with Gasteiger partial charge >= 0.3 is 0 Å². The first-order chi connectivity index (χ1) is 20.2. The monoisotopic (exact) mass is 609 g/mol. The molecule has 2 aromatic carbocycles. The van der Waals surface area contributed by atoms with Gasteiger partial charge in [-0.1, -0.05) is 39.8 Å². The van der Waals surface area contributed by atoms with Crippen molar-refractivity contribution >= 4 is 15.7 Å². The third kappa shape index (κ3) is 5.05. The lowest BCUT2D eigenvalue weighted by molar-refractivity contribution is -0.137. The summed E-state index contributed by atoms with van der Waals surface area (Å²) in [5.41, 5.74) is 1.36. The number of fused-ring (bicyclic) bond motifs is 1. The van der Waals surface area contributed by atoms with Crippen molar-refractivity contribution in [1.82, 2.24) is 14.7 Å². The Hall–Kier alpha value is -2.62. The summed E-state index contributed by atoms with van der Waals surface area (Å²) in [5.74, 6) is 1.50. The van der Waals surface area contributed by atoms with E-state index >= 15 is 0 Å². The summed E-state index contributed by atoms with van der Waals surface area (Å²) in [6.07, 6.45) is 2.02. The number of hydrogen-bond acceptors (Lipinski definition) is 7. The van der Waals surface area contributed by atoms with Gasteiger partial charge in [0.25, 0.3) is 0 Å². The standard InChI is InChI=1S/C34H47N3O5S/c1-23-21-36(34(7)14-16-35(17-15-34)31(38)30-32(3,4)33(30,5)6)18-19-37(23)24(2)25-8-10-26(11-9-25)43(39,40)27-12-13-28-29(20-27)42-22-41-28/h8-13,20,23-24,30H,14-19,21-22H2,1-7H3/t23-,24+/m1/s1. The van der Waals surface area contributed by atoms with Gasteiger partial charge < -0.3 is 14.4 Å². The van der Waals surface area contributed by atoms with E-state index in [1.165, 1.54) is 6.07 Å². The van der Waals surface area contributed by atoms with Crippen LogP contribution in [0, 0.1) is 16.7 Å². The topological polar surface area (TPSA) is 79.4 Å². The third-order valence-corrected chi connectivity index (χ3v) is 13.5. The average molecular weight is 610 g/mol. The predicted molar refractivity (Wildman–Crippen MR) is 166 cm³/mol. The van der Waals surface area contributed by atoms with Crippen LogP contribution in [0.3, 0.4) is 0 Å². The summed E-state index contributed by atoms with van der Waals surface area (Å²) < 4.78 is 37.3. The number of likely N-dealkylation sites (tertiary alicyclic amines) is 1. The van der Waals surface area contributed by atoms with Gasteiger partial charge in [-0.3, -0.25) is 14.6 Å². The van der Waals surface area contributed by atoms with Crippen molar-refractivity contribution in [2.45, 2.75) is 88.7 Å². The smallest absolute Gasteiger partial charge is 0.231 e. The number of carbonyl (C=O) groups is 1. The number of hydrogen-bond donors (Lipinski definition) is 0. The maximum absolute atomic E-state index is 13.3. The maximum Gasteiger partial charge on any atom is 0.231 e. The molecule has 2 saturated heterocycles. The fourth-order valence-corrected chi connectivity index (χ4v) is 9.13. The Morgan fingerprint density at radius 3 is 2.07 bits per heavy atom. The van der Waals surface area contributed by atoms with E-state index in [-0.39, 0.29) is 44.9 Å². The number of ether oxygens (including phenoxy) is 2. The molecule has 2 aromatic rings. The van der Waals surface area contributed by atoms with Crippen molar-refractivity contribution in [3.05, 3.63) is 48.0 Å². The maximum atomic E-state index is 13.3. The van der Waals surface area contributed by atoms with Gasteiger partial charge in [0.2, 0.25) is 22.5 Å². The number of rotatable bonds is 6. The molecule has 43 heavy (non-hydrogen) atoms. The lowest BCUT2D eigenvalue weighted by Crippen LogP contribution is -2.62. The summed E-state index contributed by atoms with van der Waals surface area (Å²) in [4.78, 5) is 21.1. The van der Waals surface area contributed by atoms with Crippen LogP contribution in [-0.2, 0) is 14.6 Å². The second-order valence-electron chi connectivity index (χ2n) is 14.5. The van der Waals surface area contributed by atoms with Crippen LogP contribution in [0.5, 0.6) is 11.5 Å². The van der Waals surface area contributed by atoms with E-state index in [1.54, 1.807) is 24.3 Å². The largest absolute Gasteiger partial charge is 0.454 e. The summed E-state index contributed by atoms with van der Waals surface area (Å²) in [7, 11) is -3.67. The van der Waals surface area contributed by atoms with Gasteiger partial charge in [-0.15, -0.1) is 0 Å². The highest BCUT2D eigenvalue weighted by molar-refractivity contribution is 7.91. The molecule has 0 bridgehead atoms. The van der Waals surface area contributed by atoms with E-state index in [1.807, 2.05) is 12.1 Å². The van der Waals surface area contributed by atoms with Crippen LogP contribution >= 0.6 is 0 Å². The normalized spacial score (nSPS) is 25.8. The minimum absolute atomic E-state index is 0.0784. The van der Waals surface area contributed by atoms with E-state index in [0.717, 1.165) is 51.1 Å². The van der Waals surface area contributed by atoms with Crippen LogP contribution in [0.15, 0.2) is 52.3 Å². The highest BCUT2D eigenvalue weighted by Crippen LogP contribution is 2.68. The van der Waals surface area contributed by atoms with Gasteiger partial charge in [0.15, 0.2) is 11.5 Å². The minimum atomic E-state index is -3.67. The number of nitrogens with zero attached hydrogens (tertiary/aromatic N) is 3. The second kappa shape index (κ2) is 10.5. The fraction of sp³-hybridized carbons (Fsp3) is 0.618. The molecule has 8 nitrogen and oxygen atoms in total. The molecule has 6 rings (SSSR count). The van der Waals surface area contributed by atoms with Gasteiger partial charge in [-0.25, -0.2) is 8.42 Å². The van der Waals surface area contributed by atoms with E-state index in [4.69, 9.17) is 9.47 Å². The summed E-state index contributed by atoms with van der Waals surface area (Å²) >= 11 is 0. The molecule has 0 radical (unpaired) electrons. The molecular formula is C34H47N3O5S. The first-order valence-electron chi connectivity index (χ1n) is 15.7. The molecule has 0 N–H and O–H groups in total. The highest BCUT2D eigenvalue weighted by Gasteiger charge is 2.69. The molecule has 1 saturated carbocycles. The second-order valence-corrected chi connectivity index (χ2v) is 16.4. The number of benzene rings is 2. The van der Waals surface area contributed by atoms with Gasteiger partial charge in [-0.2, -0.15) is 0 Å². The number of carbonyl (C=O) groups excluding carboxylic acids is 1. The van der Waals surface area contributed by atoms with E-state index in [2.05, 4.69) is 63.2 Å². The van der Waals surface area contributed by atoms with Crippen molar-refractivity contribution < 1.29 is 22.7 Å². The molecule has 3 heterocycles. The van der Waals surface area contributed by atoms with Crippen molar-refractivity contribution in [2.24, 2.45) is 16.7 Å². The molecule has 0 spiro atoms. The summed E-state index contributed by atoms with van der Waals surface area (Å²) in [6.45, 7) is 20.5. The van der Waals surface area contributed by atoms with Crippen LogP contribution in [0.25, 0.3) is 0 Å². The molecule has 234 valence electrons. The van der Waals surface area contributed by atoms with Crippen molar-refractivity contribution in [1.29, 1.82) is 0 Å². The molecule has 0 unspecified atom stereocenters. The summed E-state index contributed by atoms with van der Waals surface area (Å²) in [5, 5.41) is 0. The Labute approximate surface area is 257 Å². The highest BCUT2D eigenvalue weighted by atomic mass is 32.2. The first kappa shape index (κ1) is 30.4. The molecule has 0 aromatic heterocycles. The Bertz CT molecular complexity index is 1480. The molecule has 3 aliphatic heterocycles. The summed E-state index contributed by atoms with van der Waals surface area (Å²) in [6, 6.07) is 12.6. The third-order valence-electron chi connectivity index (χ3n) is 11.7.